The molecule has 0 aromatic heterocycles. The molecule has 1 saturated heterocycles. The third-order valence-electron chi connectivity index (χ3n) is 3.70. The lowest BCUT2D eigenvalue weighted by atomic mass is 10.0. The van der Waals surface area contributed by atoms with E-state index in [1.807, 2.05) is 12.1 Å². The Morgan fingerprint density at radius 1 is 1.36 bits per heavy atom. The molecule has 2 rings (SSSR count). The molecule has 2 amide bonds. The third-order valence-corrected chi connectivity index (χ3v) is 3.95. The lowest BCUT2D eigenvalue weighted by Crippen LogP contribution is -2.46. The molecule has 1 heterocycles. The Hall–Kier alpha value is -1.59. The molecule has 2 atom stereocenters. The van der Waals surface area contributed by atoms with Crippen molar-refractivity contribution in [3.8, 4) is 0 Å². The second-order valence-electron chi connectivity index (χ2n) is 5.62. The third kappa shape index (κ3) is 5.31. The summed E-state index contributed by atoms with van der Waals surface area (Å²) in [5.41, 5.74) is 0.872. The van der Waals surface area contributed by atoms with E-state index in [2.05, 4.69) is 16.0 Å². The second-order valence-corrected chi connectivity index (χ2v) is 6.06. The van der Waals surface area contributed by atoms with Gasteiger partial charge in [-0.1, -0.05) is 23.7 Å². The summed E-state index contributed by atoms with van der Waals surface area (Å²) in [6.07, 6.45) is 2.28. The molecule has 1 fully saturated rings. The van der Waals surface area contributed by atoms with Crippen molar-refractivity contribution in [2.24, 2.45) is 0 Å². The summed E-state index contributed by atoms with van der Waals surface area (Å²) in [5, 5.41) is 9.74. The minimum Gasteiger partial charge on any atom is -0.352 e. The van der Waals surface area contributed by atoms with Gasteiger partial charge in [0.2, 0.25) is 11.8 Å². The lowest BCUT2D eigenvalue weighted by molar-refractivity contribution is -0.123. The first kappa shape index (κ1) is 16.8. The number of hydrogen-bond donors (Lipinski definition) is 3. The van der Waals surface area contributed by atoms with Crippen LogP contribution >= 0.6 is 11.6 Å². The number of nitrogens with one attached hydrogen (secondary N) is 3. The maximum atomic E-state index is 12.2. The summed E-state index contributed by atoms with van der Waals surface area (Å²) >= 11 is 5.88. The number of benzene rings is 1. The Morgan fingerprint density at radius 3 is 2.68 bits per heavy atom. The van der Waals surface area contributed by atoms with Gasteiger partial charge in [0.05, 0.1) is 12.5 Å². The highest BCUT2D eigenvalue weighted by Crippen LogP contribution is 2.19. The standard InChI is InChI=1S/C16H22ClN3O2/c1-11(21)19-15(12-4-6-13(17)7-5-12)9-16(22)20-14-3-2-8-18-10-14/h4-7,14-15,18H,2-3,8-10H2,1H3,(H,19,21)(H,20,22). The molecule has 0 radical (unpaired) electrons. The van der Waals surface area contributed by atoms with Crippen LogP contribution in [0.2, 0.25) is 5.02 Å². The van der Waals surface area contributed by atoms with Gasteiger partial charge in [-0.05, 0) is 37.1 Å². The Balaban J connectivity index is 1.97. The van der Waals surface area contributed by atoms with Crippen LogP contribution in [0, 0.1) is 0 Å². The molecule has 6 heteroatoms. The van der Waals surface area contributed by atoms with Crippen molar-refractivity contribution in [3.05, 3.63) is 34.9 Å². The molecule has 0 aliphatic carbocycles. The van der Waals surface area contributed by atoms with Crippen LogP contribution in [0.25, 0.3) is 0 Å². The first-order valence-electron chi connectivity index (χ1n) is 7.57. The average molecular weight is 324 g/mol. The van der Waals surface area contributed by atoms with E-state index in [1.54, 1.807) is 12.1 Å². The lowest BCUT2D eigenvalue weighted by Gasteiger charge is -2.25. The molecule has 2 unspecified atom stereocenters. The highest BCUT2D eigenvalue weighted by atomic mass is 35.5. The Labute approximate surface area is 135 Å². The zero-order valence-corrected chi connectivity index (χ0v) is 13.5. The summed E-state index contributed by atoms with van der Waals surface area (Å²) in [4.78, 5) is 23.6. The van der Waals surface area contributed by atoms with E-state index in [4.69, 9.17) is 11.6 Å². The Morgan fingerprint density at radius 2 is 2.09 bits per heavy atom. The van der Waals surface area contributed by atoms with Crippen LogP contribution in [0.15, 0.2) is 24.3 Å². The smallest absolute Gasteiger partial charge is 0.222 e. The second kappa shape index (κ2) is 8.15. The molecular weight excluding hydrogens is 302 g/mol. The molecule has 0 spiro atoms. The number of hydrogen-bond acceptors (Lipinski definition) is 3. The minimum atomic E-state index is -0.341. The number of piperidine rings is 1. The number of carbonyl (C=O) groups excluding carboxylic acids is 2. The van der Waals surface area contributed by atoms with Crippen molar-refractivity contribution in [2.45, 2.75) is 38.3 Å². The van der Waals surface area contributed by atoms with Crippen LogP contribution in [-0.2, 0) is 9.59 Å². The van der Waals surface area contributed by atoms with Crippen molar-refractivity contribution < 1.29 is 9.59 Å². The first-order chi connectivity index (χ1) is 10.5. The highest BCUT2D eigenvalue weighted by molar-refractivity contribution is 6.30. The van der Waals surface area contributed by atoms with Crippen LogP contribution in [0.3, 0.4) is 0 Å². The topological polar surface area (TPSA) is 70.2 Å². The maximum absolute atomic E-state index is 12.2. The molecule has 0 bridgehead atoms. The zero-order chi connectivity index (χ0) is 15.9. The molecule has 1 aromatic rings. The molecule has 3 N–H and O–H groups in total. The molecule has 1 aliphatic rings. The molecule has 0 saturated carbocycles. The van der Waals surface area contributed by atoms with Gasteiger partial charge in [-0.15, -0.1) is 0 Å². The Kier molecular flexibility index (Phi) is 6.21. The van der Waals surface area contributed by atoms with Crippen molar-refractivity contribution >= 4 is 23.4 Å². The predicted molar refractivity (Wildman–Crippen MR) is 86.7 cm³/mol. The van der Waals surface area contributed by atoms with Gasteiger partial charge < -0.3 is 16.0 Å². The van der Waals surface area contributed by atoms with Gasteiger partial charge in [-0.2, -0.15) is 0 Å². The molecule has 1 aromatic carbocycles. The number of halogens is 1. The zero-order valence-electron chi connectivity index (χ0n) is 12.7. The van der Waals surface area contributed by atoms with Crippen molar-refractivity contribution in [1.82, 2.24) is 16.0 Å². The number of carbonyl (C=O) groups is 2. The van der Waals surface area contributed by atoms with Gasteiger partial charge in [0.15, 0.2) is 0 Å². The van der Waals surface area contributed by atoms with Crippen LogP contribution < -0.4 is 16.0 Å². The van der Waals surface area contributed by atoms with Gasteiger partial charge in [0.1, 0.15) is 0 Å². The summed E-state index contributed by atoms with van der Waals surface area (Å²) in [6.45, 7) is 3.26. The molecule has 1 aliphatic heterocycles. The SMILES string of the molecule is CC(=O)NC(CC(=O)NC1CCCNC1)c1ccc(Cl)cc1. The average Bonchev–Trinajstić information content (AvgIpc) is 2.48. The fraction of sp³-hybridized carbons (Fsp3) is 0.500. The molecular formula is C16H22ClN3O2. The highest BCUT2D eigenvalue weighted by Gasteiger charge is 2.20. The quantitative estimate of drug-likeness (QED) is 0.773. The van der Waals surface area contributed by atoms with Crippen LogP contribution in [0.5, 0.6) is 0 Å². The summed E-state index contributed by atoms with van der Waals surface area (Å²) in [6, 6.07) is 7.01. The fourth-order valence-corrected chi connectivity index (χ4v) is 2.77. The van der Waals surface area contributed by atoms with Gasteiger partial charge in [0, 0.05) is 24.5 Å². The van der Waals surface area contributed by atoms with Gasteiger partial charge in [-0.3, -0.25) is 9.59 Å². The molecule has 22 heavy (non-hydrogen) atoms. The number of amides is 2. The molecule has 120 valence electrons. The summed E-state index contributed by atoms with van der Waals surface area (Å²) in [7, 11) is 0. The Bertz CT molecular complexity index is 513. The van der Waals surface area contributed by atoms with Crippen LogP contribution in [0.4, 0.5) is 0 Å². The normalized spacial score (nSPS) is 19.3. The van der Waals surface area contributed by atoms with Crippen molar-refractivity contribution in [1.29, 1.82) is 0 Å². The summed E-state index contributed by atoms with van der Waals surface area (Å²) < 4.78 is 0. The minimum absolute atomic E-state index is 0.0533. The number of rotatable bonds is 5. The van der Waals surface area contributed by atoms with Gasteiger partial charge in [-0.25, -0.2) is 0 Å². The fourth-order valence-electron chi connectivity index (χ4n) is 2.64. The van der Waals surface area contributed by atoms with E-state index in [0.717, 1.165) is 31.5 Å². The monoisotopic (exact) mass is 323 g/mol. The van der Waals surface area contributed by atoms with Crippen LogP contribution in [-0.4, -0.2) is 30.9 Å². The van der Waals surface area contributed by atoms with Gasteiger partial charge >= 0.3 is 0 Å². The predicted octanol–water partition coefficient (Wildman–Crippen LogP) is 1.78. The maximum Gasteiger partial charge on any atom is 0.222 e. The first-order valence-corrected chi connectivity index (χ1v) is 7.95. The van der Waals surface area contributed by atoms with Crippen molar-refractivity contribution in [2.75, 3.05) is 13.1 Å². The van der Waals surface area contributed by atoms with E-state index in [1.165, 1.54) is 6.92 Å². The van der Waals surface area contributed by atoms with E-state index in [-0.39, 0.29) is 30.3 Å². The molecule has 5 nitrogen and oxygen atoms in total. The van der Waals surface area contributed by atoms with Crippen molar-refractivity contribution in [3.63, 3.8) is 0 Å². The largest absolute Gasteiger partial charge is 0.352 e. The van der Waals surface area contributed by atoms with Gasteiger partial charge in [0.25, 0.3) is 0 Å². The summed E-state index contributed by atoms with van der Waals surface area (Å²) in [5.74, 6) is -0.213. The van der Waals surface area contributed by atoms with E-state index in [0.29, 0.717) is 5.02 Å². The van der Waals surface area contributed by atoms with E-state index in [9.17, 15) is 9.59 Å². The van der Waals surface area contributed by atoms with Crippen LogP contribution in [0.1, 0.15) is 37.8 Å². The van der Waals surface area contributed by atoms with E-state index >= 15 is 0 Å². The van der Waals surface area contributed by atoms with E-state index < -0.39 is 0 Å².